The van der Waals surface area contributed by atoms with Crippen LogP contribution in [0.25, 0.3) is 0 Å². The van der Waals surface area contributed by atoms with Crippen molar-refractivity contribution in [3.05, 3.63) is 65.5 Å². The van der Waals surface area contributed by atoms with Crippen molar-refractivity contribution < 1.29 is 13.9 Å². The number of amides is 1. The summed E-state index contributed by atoms with van der Waals surface area (Å²) in [7, 11) is 0. The van der Waals surface area contributed by atoms with Gasteiger partial charge in [-0.05, 0) is 31.5 Å². The van der Waals surface area contributed by atoms with Crippen LogP contribution in [-0.4, -0.2) is 40.9 Å². The molecule has 5 heteroatoms. The summed E-state index contributed by atoms with van der Waals surface area (Å²) in [6.45, 7) is 4.88. The number of rotatable bonds is 2. The molecular formula is C22H25FN2O2. The molecule has 1 unspecified atom stereocenters. The van der Waals surface area contributed by atoms with Crippen LogP contribution in [-0.2, 0) is 17.9 Å². The van der Waals surface area contributed by atoms with Crippen LogP contribution in [0.3, 0.4) is 0 Å². The van der Waals surface area contributed by atoms with E-state index in [1.54, 1.807) is 13.0 Å². The van der Waals surface area contributed by atoms with Gasteiger partial charge in [0.05, 0.1) is 6.54 Å². The molecule has 2 aromatic rings. The largest absolute Gasteiger partial charge is 0.484 e. The first-order chi connectivity index (χ1) is 13.0. The number of para-hydroxylation sites is 1. The summed E-state index contributed by atoms with van der Waals surface area (Å²) in [5.41, 5.74) is 1.28. The highest BCUT2D eigenvalue weighted by Crippen LogP contribution is 2.35. The number of halogens is 1. The highest BCUT2D eigenvalue weighted by molar-refractivity contribution is 5.73. The molecule has 0 aromatic heterocycles. The number of hydrogen-bond donors (Lipinski definition) is 0. The Morgan fingerprint density at radius 2 is 1.93 bits per heavy atom. The highest BCUT2D eigenvalue weighted by Gasteiger charge is 2.42. The third kappa shape index (κ3) is 3.83. The molecular weight excluding hydrogens is 343 g/mol. The first-order valence-corrected chi connectivity index (χ1v) is 9.53. The second-order valence-corrected chi connectivity index (χ2v) is 7.67. The van der Waals surface area contributed by atoms with Crippen molar-refractivity contribution in [3.8, 4) is 5.75 Å². The topological polar surface area (TPSA) is 32.8 Å². The van der Waals surface area contributed by atoms with Gasteiger partial charge in [-0.25, -0.2) is 4.39 Å². The summed E-state index contributed by atoms with van der Waals surface area (Å²) < 4.78 is 20.6. The van der Waals surface area contributed by atoms with E-state index in [4.69, 9.17) is 4.74 Å². The van der Waals surface area contributed by atoms with Gasteiger partial charge in [-0.3, -0.25) is 9.69 Å². The molecule has 0 N–H and O–H groups in total. The van der Waals surface area contributed by atoms with Crippen LogP contribution in [0.2, 0.25) is 0 Å². The van der Waals surface area contributed by atoms with Crippen molar-refractivity contribution in [2.24, 2.45) is 0 Å². The molecule has 27 heavy (non-hydrogen) atoms. The standard InChI is InChI=1S/C22H25FN2O2/c1-17(26)25-14-19-8-3-5-10-21(19)27-22(16-25)11-6-12-24(15-22)13-18-7-2-4-9-20(18)23/h2-5,7-10H,6,11-16H2,1H3. The zero-order valence-electron chi connectivity index (χ0n) is 15.7. The van der Waals surface area contributed by atoms with E-state index >= 15 is 0 Å². The lowest BCUT2D eigenvalue weighted by Crippen LogP contribution is -2.57. The fraction of sp³-hybridized carbons (Fsp3) is 0.409. The third-order valence-electron chi connectivity index (χ3n) is 5.55. The van der Waals surface area contributed by atoms with Crippen molar-refractivity contribution in [3.63, 3.8) is 0 Å². The number of carbonyl (C=O) groups excluding carboxylic acids is 1. The lowest BCUT2D eigenvalue weighted by atomic mass is 9.91. The molecule has 2 aliphatic rings. The molecule has 0 saturated carbocycles. The Labute approximate surface area is 159 Å². The van der Waals surface area contributed by atoms with Crippen LogP contribution >= 0.6 is 0 Å². The SMILES string of the molecule is CC(=O)N1Cc2ccccc2OC2(CCCN(Cc3ccccc3F)C2)C1. The van der Waals surface area contributed by atoms with Gasteiger partial charge in [-0.2, -0.15) is 0 Å². The maximum atomic E-state index is 14.1. The Kier molecular flexibility index (Phi) is 4.87. The number of carbonyl (C=O) groups is 1. The fourth-order valence-electron chi connectivity index (χ4n) is 4.24. The second-order valence-electron chi connectivity index (χ2n) is 7.67. The van der Waals surface area contributed by atoms with Crippen molar-refractivity contribution in [2.75, 3.05) is 19.6 Å². The monoisotopic (exact) mass is 368 g/mol. The number of hydrogen-bond acceptors (Lipinski definition) is 3. The normalized spacial score (nSPS) is 22.8. The van der Waals surface area contributed by atoms with Crippen molar-refractivity contribution in [2.45, 2.75) is 38.5 Å². The summed E-state index contributed by atoms with van der Waals surface area (Å²) in [6, 6.07) is 14.9. The van der Waals surface area contributed by atoms with E-state index in [-0.39, 0.29) is 11.7 Å². The first-order valence-electron chi connectivity index (χ1n) is 9.53. The lowest BCUT2D eigenvalue weighted by molar-refractivity contribution is -0.133. The number of ether oxygens (including phenoxy) is 1. The minimum absolute atomic E-state index is 0.0564. The molecule has 2 aliphatic heterocycles. The summed E-state index contributed by atoms with van der Waals surface area (Å²) in [5, 5.41) is 0. The van der Waals surface area contributed by atoms with Gasteiger partial charge in [-0.1, -0.05) is 36.4 Å². The predicted octanol–water partition coefficient (Wildman–Crippen LogP) is 3.60. The van der Waals surface area contributed by atoms with Crippen LogP contribution in [0.4, 0.5) is 4.39 Å². The maximum Gasteiger partial charge on any atom is 0.219 e. The van der Waals surface area contributed by atoms with Gasteiger partial charge >= 0.3 is 0 Å². The Hall–Kier alpha value is -2.40. The summed E-state index contributed by atoms with van der Waals surface area (Å²) >= 11 is 0. The molecule has 1 saturated heterocycles. The molecule has 2 aromatic carbocycles. The van der Waals surface area contributed by atoms with E-state index in [1.807, 2.05) is 41.3 Å². The number of likely N-dealkylation sites (tertiary alicyclic amines) is 1. The average molecular weight is 368 g/mol. The molecule has 4 rings (SSSR count). The van der Waals surface area contributed by atoms with E-state index < -0.39 is 5.60 Å². The van der Waals surface area contributed by atoms with Gasteiger partial charge in [-0.15, -0.1) is 0 Å². The summed E-state index contributed by atoms with van der Waals surface area (Å²) in [4.78, 5) is 16.3. The van der Waals surface area contributed by atoms with E-state index in [0.717, 1.165) is 30.7 Å². The predicted molar refractivity (Wildman–Crippen MR) is 102 cm³/mol. The van der Waals surface area contributed by atoms with Gasteiger partial charge in [0.25, 0.3) is 0 Å². The van der Waals surface area contributed by atoms with Gasteiger partial charge in [0.15, 0.2) is 0 Å². The minimum Gasteiger partial charge on any atom is -0.484 e. The van der Waals surface area contributed by atoms with Crippen molar-refractivity contribution >= 4 is 5.91 Å². The highest BCUT2D eigenvalue weighted by atomic mass is 19.1. The van der Waals surface area contributed by atoms with E-state index in [1.165, 1.54) is 6.07 Å². The van der Waals surface area contributed by atoms with Crippen LogP contribution in [0.5, 0.6) is 5.75 Å². The number of nitrogens with zero attached hydrogens (tertiary/aromatic N) is 2. The molecule has 1 atom stereocenters. The number of piperidine rings is 1. The Morgan fingerprint density at radius 3 is 2.74 bits per heavy atom. The second kappa shape index (κ2) is 7.31. The Bertz CT molecular complexity index is 841. The van der Waals surface area contributed by atoms with Crippen LogP contribution in [0, 0.1) is 5.82 Å². The van der Waals surface area contributed by atoms with E-state index in [9.17, 15) is 9.18 Å². The molecule has 1 amide bonds. The first kappa shape index (κ1) is 18.0. The maximum absolute atomic E-state index is 14.1. The van der Waals surface area contributed by atoms with E-state index in [2.05, 4.69) is 4.90 Å². The summed E-state index contributed by atoms with van der Waals surface area (Å²) in [6.07, 6.45) is 1.85. The number of benzene rings is 2. The van der Waals surface area contributed by atoms with Crippen LogP contribution in [0.1, 0.15) is 30.9 Å². The molecule has 1 spiro atoms. The molecule has 4 nitrogen and oxygen atoms in total. The van der Waals surface area contributed by atoms with Gasteiger partial charge in [0.2, 0.25) is 5.91 Å². The van der Waals surface area contributed by atoms with Crippen molar-refractivity contribution in [1.82, 2.24) is 9.80 Å². The number of fused-ring (bicyclic) bond motifs is 1. The van der Waals surface area contributed by atoms with Crippen LogP contribution in [0.15, 0.2) is 48.5 Å². The van der Waals surface area contributed by atoms with Gasteiger partial charge in [0.1, 0.15) is 17.2 Å². The van der Waals surface area contributed by atoms with Gasteiger partial charge in [0, 0.05) is 37.7 Å². The Balaban J connectivity index is 1.60. The quantitative estimate of drug-likeness (QED) is 0.812. The minimum atomic E-state index is -0.457. The molecule has 0 aliphatic carbocycles. The average Bonchev–Trinajstić information content (AvgIpc) is 2.80. The van der Waals surface area contributed by atoms with E-state index in [0.29, 0.717) is 31.7 Å². The lowest BCUT2D eigenvalue weighted by Gasteiger charge is -2.43. The van der Waals surface area contributed by atoms with Crippen molar-refractivity contribution in [1.29, 1.82) is 0 Å². The molecule has 2 heterocycles. The molecule has 0 bridgehead atoms. The fourth-order valence-corrected chi connectivity index (χ4v) is 4.24. The molecule has 1 fully saturated rings. The van der Waals surface area contributed by atoms with Gasteiger partial charge < -0.3 is 9.64 Å². The zero-order chi connectivity index (χ0) is 18.9. The van der Waals surface area contributed by atoms with Crippen LogP contribution < -0.4 is 4.74 Å². The summed E-state index contributed by atoms with van der Waals surface area (Å²) in [5.74, 6) is 0.740. The molecule has 142 valence electrons. The zero-order valence-corrected chi connectivity index (χ0v) is 15.7. The smallest absolute Gasteiger partial charge is 0.219 e. The Morgan fingerprint density at radius 1 is 1.15 bits per heavy atom. The molecule has 0 radical (unpaired) electrons. The third-order valence-corrected chi connectivity index (χ3v) is 5.55.